The van der Waals surface area contributed by atoms with E-state index in [-0.39, 0.29) is 11.8 Å². The van der Waals surface area contributed by atoms with E-state index in [9.17, 15) is 9.59 Å². The lowest BCUT2D eigenvalue weighted by Gasteiger charge is -2.36. The minimum atomic E-state index is -0.133. The van der Waals surface area contributed by atoms with Crippen molar-refractivity contribution in [2.75, 3.05) is 7.11 Å². The average Bonchev–Trinajstić information content (AvgIpc) is 2.88. The van der Waals surface area contributed by atoms with Crippen LogP contribution < -0.4 is 0 Å². The minimum absolute atomic E-state index is 0.133. The molecule has 1 saturated carbocycles. The molecular weight excluding hydrogens is 300 g/mol. The first kappa shape index (κ1) is 18.7. The van der Waals surface area contributed by atoms with Crippen LogP contribution in [0.25, 0.3) is 0 Å². The largest absolute Gasteiger partial charge is 0.469 e. The number of methoxy groups -OCH3 is 1. The summed E-state index contributed by atoms with van der Waals surface area (Å²) in [4.78, 5) is 23.0. The number of ether oxygens (including phenoxy) is 1. The third-order valence-electron chi connectivity index (χ3n) is 5.09. The predicted octanol–water partition coefficient (Wildman–Crippen LogP) is 4.93. The molecule has 0 aliphatic heterocycles. The van der Waals surface area contributed by atoms with Gasteiger partial charge in [-0.25, -0.2) is 0 Å². The Morgan fingerprint density at radius 3 is 2.83 bits per heavy atom. The lowest BCUT2D eigenvalue weighted by Crippen LogP contribution is -2.26. The lowest BCUT2D eigenvalue weighted by molar-refractivity contribution is -0.140. The standard InChI is InChI=1S/C21H30O3/c1-3-4-5-9-19(22)14-13-16-11-12-18-15-17(21(16)18)8-6-7-10-20(23)24-2/h8,11,13-14,18,21H,3-7,9-10,12,15H2,1-2H3/b14-13+,17-8+/t18-,21+/m1/s1. The number of hydrogen-bond acceptors (Lipinski definition) is 3. The molecule has 0 spiro atoms. The minimum Gasteiger partial charge on any atom is -0.469 e. The number of hydrogen-bond donors (Lipinski definition) is 0. The van der Waals surface area contributed by atoms with E-state index in [1.54, 1.807) is 6.08 Å². The quantitative estimate of drug-likeness (QED) is 0.247. The van der Waals surface area contributed by atoms with Crippen molar-refractivity contribution in [2.45, 2.75) is 64.7 Å². The SMILES string of the molecule is CCCCCC(=O)/C=C/C1=CC[C@@H]2C/C(=C\CCCC(=O)OC)[C@H]12. The molecule has 0 bridgehead atoms. The summed E-state index contributed by atoms with van der Waals surface area (Å²) in [5.74, 6) is 1.36. The number of unbranched alkanes of at least 4 members (excludes halogenated alkanes) is 3. The molecule has 2 aliphatic rings. The van der Waals surface area contributed by atoms with Crippen LogP contribution in [0.15, 0.2) is 35.5 Å². The van der Waals surface area contributed by atoms with Crippen LogP contribution in [0.3, 0.4) is 0 Å². The highest BCUT2D eigenvalue weighted by Gasteiger charge is 2.39. The van der Waals surface area contributed by atoms with Gasteiger partial charge in [0, 0.05) is 18.8 Å². The number of ketones is 1. The Labute approximate surface area is 145 Å². The Balaban J connectivity index is 1.79. The maximum atomic E-state index is 11.9. The van der Waals surface area contributed by atoms with E-state index in [0.29, 0.717) is 18.8 Å². The summed E-state index contributed by atoms with van der Waals surface area (Å²) in [6, 6.07) is 0. The van der Waals surface area contributed by atoms with E-state index in [1.807, 2.05) is 6.08 Å². The van der Waals surface area contributed by atoms with Gasteiger partial charge >= 0.3 is 5.97 Å². The first-order valence-electron chi connectivity index (χ1n) is 9.32. The Morgan fingerprint density at radius 2 is 2.08 bits per heavy atom. The molecule has 2 atom stereocenters. The van der Waals surface area contributed by atoms with E-state index in [2.05, 4.69) is 23.8 Å². The Bertz CT molecular complexity index is 539. The lowest BCUT2D eigenvalue weighted by atomic mass is 9.68. The zero-order chi connectivity index (χ0) is 17.4. The molecule has 2 rings (SSSR count). The fourth-order valence-electron chi connectivity index (χ4n) is 3.65. The van der Waals surface area contributed by atoms with Crippen LogP contribution in [-0.2, 0) is 14.3 Å². The highest BCUT2D eigenvalue weighted by molar-refractivity contribution is 5.90. The molecule has 0 radical (unpaired) electrons. The zero-order valence-electron chi connectivity index (χ0n) is 15.1. The molecule has 0 aromatic heterocycles. The van der Waals surface area contributed by atoms with E-state index in [1.165, 1.54) is 24.7 Å². The fourth-order valence-corrected chi connectivity index (χ4v) is 3.65. The van der Waals surface area contributed by atoms with Crippen LogP contribution in [0.4, 0.5) is 0 Å². The van der Waals surface area contributed by atoms with Crippen molar-refractivity contribution in [1.29, 1.82) is 0 Å². The molecule has 0 aromatic carbocycles. The molecule has 2 aliphatic carbocycles. The van der Waals surface area contributed by atoms with Crippen molar-refractivity contribution in [3.05, 3.63) is 35.5 Å². The summed E-state index contributed by atoms with van der Waals surface area (Å²) in [6.45, 7) is 2.15. The Hall–Kier alpha value is -1.64. The first-order chi connectivity index (χ1) is 11.7. The normalized spacial score (nSPS) is 23.9. The molecular formula is C21H30O3. The highest BCUT2D eigenvalue weighted by atomic mass is 16.5. The summed E-state index contributed by atoms with van der Waals surface area (Å²) in [6.07, 6.45) is 16.9. The second-order valence-corrected chi connectivity index (χ2v) is 6.89. The maximum absolute atomic E-state index is 11.9. The summed E-state index contributed by atoms with van der Waals surface area (Å²) >= 11 is 0. The molecule has 0 N–H and O–H groups in total. The molecule has 1 fully saturated rings. The Morgan fingerprint density at radius 1 is 1.25 bits per heavy atom. The van der Waals surface area contributed by atoms with Gasteiger partial charge in [-0.05, 0) is 49.7 Å². The second-order valence-electron chi connectivity index (χ2n) is 6.89. The molecule has 0 unspecified atom stereocenters. The van der Waals surface area contributed by atoms with Crippen LogP contribution >= 0.6 is 0 Å². The molecule has 0 aromatic rings. The summed E-state index contributed by atoms with van der Waals surface area (Å²) < 4.78 is 4.66. The number of fused-ring (bicyclic) bond motifs is 1. The van der Waals surface area contributed by atoms with Gasteiger partial charge in [-0.1, -0.05) is 43.6 Å². The van der Waals surface area contributed by atoms with Crippen molar-refractivity contribution < 1.29 is 14.3 Å². The number of allylic oxidation sites excluding steroid dienone is 6. The fraction of sp³-hybridized carbons (Fsp3) is 0.619. The topological polar surface area (TPSA) is 43.4 Å². The van der Waals surface area contributed by atoms with E-state index in [0.717, 1.165) is 44.4 Å². The molecule has 0 saturated heterocycles. The molecule has 3 heteroatoms. The third kappa shape index (κ3) is 5.19. The summed E-state index contributed by atoms with van der Waals surface area (Å²) in [5.41, 5.74) is 2.80. The van der Waals surface area contributed by atoms with Crippen LogP contribution in [0.1, 0.15) is 64.7 Å². The van der Waals surface area contributed by atoms with Crippen molar-refractivity contribution in [3.8, 4) is 0 Å². The van der Waals surface area contributed by atoms with Crippen LogP contribution in [0, 0.1) is 11.8 Å². The van der Waals surface area contributed by atoms with Gasteiger partial charge in [0.1, 0.15) is 0 Å². The zero-order valence-corrected chi connectivity index (χ0v) is 15.1. The average molecular weight is 330 g/mol. The van der Waals surface area contributed by atoms with Crippen molar-refractivity contribution >= 4 is 11.8 Å². The van der Waals surface area contributed by atoms with Gasteiger partial charge in [-0.3, -0.25) is 9.59 Å². The van der Waals surface area contributed by atoms with E-state index < -0.39 is 0 Å². The first-order valence-corrected chi connectivity index (χ1v) is 9.32. The summed E-state index contributed by atoms with van der Waals surface area (Å²) in [7, 11) is 1.43. The molecule has 0 heterocycles. The van der Waals surface area contributed by atoms with Gasteiger partial charge in [0.25, 0.3) is 0 Å². The van der Waals surface area contributed by atoms with E-state index >= 15 is 0 Å². The van der Waals surface area contributed by atoms with Gasteiger partial charge in [0.05, 0.1) is 7.11 Å². The molecule has 3 nitrogen and oxygen atoms in total. The van der Waals surface area contributed by atoms with Gasteiger partial charge in [0.15, 0.2) is 5.78 Å². The van der Waals surface area contributed by atoms with Crippen molar-refractivity contribution in [2.24, 2.45) is 11.8 Å². The smallest absolute Gasteiger partial charge is 0.305 e. The Kier molecular flexibility index (Phi) is 7.48. The number of carbonyl (C=O) groups is 2. The van der Waals surface area contributed by atoms with Crippen molar-refractivity contribution in [3.63, 3.8) is 0 Å². The number of carbonyl (C=O) groups excluding carboxylic acids is 2. The molecule has 24 heavy (non-hydrogen) atoms. The maximum Gasteiger partial charge on any atom is 0.305 e. The predicted molar refractivity (Wildman–Crippen MR) is 96.5 cm³/mol. The van der Waals surface area contributed by atoms with E-state index in [4.69, 9.17) is 0 Å². The summed E-state index contributed by atoms with van der Waals surface area (Å²) in [5, 5.41) is 0. The highest BCUT2D eigenvalue weighted by Crippen LogP contribution is 2.51. The monoisotopic (exact) mass is 330 g/mol. The number of esters is 1. The third-order valence-corrected chi connectivity index (χ3v) is 5.09. The number of rotatable bonds is 10. The van der Waals surface area contributed by atoms with Gasteiger partial charge < -0.3 is 4.74 Å². The molecule has 0 amide bonds. The van der Waals surface area contributed by atoms with Crippen LogP contribution in [0.2, 0.25) is 0 Å². The van der Waals surface area contributed by atoms with Gasteiger partial charge in [0.2, 0.25) is 0 Å². The van der Waals surface area contributed by atoms with Crippen LogP contribution in [0.5, 0.6) is 0 Å². The van der Waals surface area contributed by atoms with Crippen molar-refractivity contribution in [1.82, 2.24) is 0 Å². The van der Waals surface area contributed by atoms with Gasteiger partial charge in [-0.15, -0.1) is 0 Å². The second kappa shape index (κ2) is 9.61. The van der Waals surface area contributed by atoms with Crippen LogP contribution in [-0.4, -0.2) is 18.9 Å². The van der Waals surface area contributed by atoms with Gasteiger partial charge in [-0.2, -0.15) is 0 Å². The molecule has 132 valence electrons.